The van der Waals surface area contributed by atoms with Crippen molar-refractivity contribution in [2.45, 2.75) is 50.5 Å². The molecule has 0 aliphatic heterocycles. The second-order valence-corrected chi connectivity index (χ2v) is 10.6. The van der Waals surface area contributed by atoms with E-state index in [0.29, 0.717) is 53.4 Å². The minimum Gasteiger partial charge on any atom is -0.356 e. The van der Waals surface area contributed by atoms with Crippen molar-refractivity contribution < 1.29 is 26.3 Å². The van der Waals surface area contributed by atoms with E-state index >= 15 is 0 Å². The third kappa shape index (κ3) is 5.85. The molecule has 1 aliphatic carbocycles. The molecule has 1 fully saturated rings. The van der Waals surface area contributed by atoms with Crippen molar-refractivity contribution in [1.82, 2.24) is 25.2 Å². The zero-order chi connectivity index (χ0) is 29.6. The Kier molecular flexibility index (Phi) is 7.43. The van der Waals surface area contributed by atoms with Gasteiger partial charge in [0.25, 0.3) is 0 Å². The van der Waals surface area contributed by atoms with E-state index in [1.165, 1.54) is 7.05 Å². The summed E-state index contributed by atoms with van der Waals surface area (Å²) in [6.45, 7) is 3.20. The molecule has 1 atom stereocenters. The molecular weight excluding hydrogens is 548 g/mol. The number of halogens is 6. The molecule has 41 heavy (non-hydrogen) atoms. The number of para-hydroxylation sites is 1. The highest BCUT2D eigenvalue weighted by atomic mass is 19.4. The van der Waals surface area contributed by atoms with Gasteiger partial charge in [-0.3, -0.25) is 0 Å². The lowest BCUT2D eigenvalue weighted by molar-refractivity contribution is -0.143. The van der Waals surface area contributed by atoms with Gasteiger partial charge < -0.3 is 10.6 Å². The molecule has 1 saturated carbocycles. The van der Waals surface area contributed by atoms with Crippen LogP contribution < -0.4 is 10.6 Å². The molecule has 1 unspecified atom stereocenters. The summed E-state index contributed by atoms with van der Waals surface area (Å²) in [5, 5.41) is 12.9. The molecule has 2 heterocycles. The highest BCUT2D eigenvalue weighted by molar-refractivity contribution is 5.82. The van der Waals surface area contributed by atoms with Crippen molar-refractivity contribution in [3.8, 4) is 0 Å². The van der Waals surface area contributed by atoms with Crippen LogP contribution in [0.15, 0.2) is 48.5 Å². The zero-order valence-corrected chi connectivity index (χ0v) is 22.5. The summed E-state index contributed by atoms with van der Waals surface area (Å²) in [6.07, 6.45) is -7.24. The molecular formula is C28H29F6N7. The van der Waals surface area contributed by atoms with E-state index in [0.717, 1.165) is 24.1 Å². The number of fused-ring (bicyclic) bond motifs is 1. The maximum atomic E-state index is 13.7. The summed E-state index contributed by atoms with van der Waals surface area (Å²) in [5.74, 6) is 0.871. The van der Waals surface area contributed by atoms with Crippen LogP contribution in [0.2, 0.25) is 0 Å². The van der Waals surface area contributed by atoms with Gasteiger partial charge in [-0.1, -0.05) is 24.6 Å². The van der Waals surface area contributed by atoms with Crippen LogP contribution in [-0.2, 0) is 31.4 Å². The Labute approximate surface area is 232 Å². The average Bonchev–Trinajstić information content (AvgIpc) is 3.33. The van der Waals surface area contributed by atoms with Crippen molar-refractivity contribution >= 4 is 16.7 Å². The standard InChI is InChI=1S/C28H29F6N7/c1-3-41(16-17-7-6-8-17)24-22(13-19-9-4-5-10-23(19)36-24)26(35,25-37-39-40(2)38-25)15-18-11-20(27(29,30)31)14-21(12-18)28(32,33)34/h4-5,9-14,17H,3,6-8,15-16,35H2,1-2H3. The van der Waals surface area contributed by atoms with Crippen molar-refractivity contribution in [1.29, 1.82) is 0 Å². The molecule has 2 N–H and O–H groups in total. The molecule has 13 heteroatoms. The molecule has 0 saturated heterocycles. The number of aryl methyl sites for hydroxylation is 1. The summed E-state index contributed by atoms with van der Waals surface area (Å²) < 4.78 is 82.3. The van der Waals surface area contributed by atoms with Gasteiger partial charge in [-0.25, -0.2) is 4.98 Å². The van der Waals surface area contributed by atoms with Crippen molar-refractivity contribution in [3.63, 3.8) is 0 Å². The largest absolute Gasteiger partial charge is 0.416 e. The summed E-state index contributed by atoms with van der Waals surface area (Å²) in [4.78, 5) is 8.11. The Balaban J connectivity index is 1.73. The van der Waals surface area contributed by atoms with E-state index in [1.807, 2.05) is 25.1 Å². The topological polar surface area (TPSA) is 85.8 Å². The SMILES string of the molecule is CCN(CC1CCC1)c1nc2ccccc2cc1C(N)(Cc1cc(C(F)(F)F)cc(C(F)(F)F)c1)c1nnn(C)n1. The molecule has 218 valence electrons. The van der Waals surface area contributed by atoms with E-state index in [-0.39, 0.29) is 17.5 Å². The van der Waals surface area contributed by atoms with Crippen LogP contribution >= 0.6 is 0 Å². The van der Waals surface area contributed by atoms with Crippen LogP contribution in [-0.4, -0.2) is 38.3 Å². The second-order valence-electron chi connectivity index (χ2n) is 10.6. The molecule has 0 spiro atoms. The number of alkyl halides is 6. The fourth-order valence-corrected chi connectivity index (χ4v) is 5.23. The summed E-state index contributed by atoms with van der Waals surface area (Å²) in [6, 6.07) is 10.5. The molecule has 0 bridgehead atoms. The van der Waals surface area contributed by atoms with Gasteiger partial charge >= 0.3 is 12.4 Å². The summed E-state index contributed by atoms with van der Waals surface area (Å²) in [7, 11) is 1.50. The molecule has 2 aromatic heterocycles. The van der Waals surface area contributed by atoms with E-state index in [9.17, 15) is 26.3 Å². The number of tetrazole rings is 1. The molecule has 0 radical (unpaired) electrons. The Hall–Kier alpha value is -3.74. The predicted octanol–water partition coefficient (Wildman–Crippen LogP) is 5.87. The van der Waals surface area contributed by atoms with Crippen molar-refractivity contribution in [2.24, 2.45) is 18.7 Å². The number of hydrogen-bond donors (Lipinski definition) is 1. The lowest BCUT2D eigenvalue weighted by Gasteiger charge is -2.36. The Morgan fingerprint density at radius 3 is 2.17 bits per heavy atom. The van der Waals surface area contributed by atoms with Gasteiger partial charge in [0.1, 0.15) is 11.4 Å². The van der Waals surface area contributed by atoms with E-state index in [1.54, 1.807) is 12.1 Å². The number of rotatable bonds is 8. The number of benzene rings is 2. The van der Waals surface area contributed by atoms with Crippen molar-refractivity contribution in [3.05, 3.63) is 76.6 Å². The van der Waals surface area contributed by atoms with E-state index in [2.05, 4.69) is 20.3 Å². The second kappa shape index (κ2) is 10.6. The monoisotopic (exact) mass is 577 g/mol. The van der Waals surface area contributed by atoms with Gasteiger partial charge in [-0.2, -0.15) is 31.1 Å². The first-order valence-corrected chi connectivity index (χ1v) is 13.2. The van der Waals surface area contributed by atoms with Gasteiger partial charge in [0.15, 0.2) is 5.82 Å². The van der Waals surface area contributed by atoms with Gasteiger partial charge in [0.2, 0.25) is 0 Å². The summed E-state index contributed by atoms with van der Waals surface area (Å²) >= 11 is 0. The zero-order valence-electron chi connectivity index (χ0n) is 22.5. The first-order valence-electron chi connectivity index (χ1n) is 13.2. The molecule has 0 amide bonds. The first kappa shape index (κ1) is 28.8. The number of pyridine rings is 1. The Bertz CT molecular complexity index is 1510. The minimum atomic E-state index is -5.00. The molecule has 2 aromatic carbocycles. The lowest BCUT2D eigenvalue weighted by atomic mass is 9.81. The molecule has 7 nitrogen and oxygen atoms in total. The van der Waals surface area contributed by atoms with Crippen LogP contribution in [0.1, 0.15) is 54.3 Å². The quantitative estimate of drug-likeness (QED) is 0.264. The lowest BCUT2D eigenvalue weighted by Crippen LogP contribution is -2.44. The molecule has 4 aromatic rings. The Morgan fingerprint density at radius 2 is 1.63 bits per heavy atom. The van der Waals surface area contributed by atoms with E-state index in [4.69, 9.17) is 10.7 Å². The van der Waals surface area contributed by atoms with Crippen LogP contribution in [0.5, 0.6) is 0 Å². The van der Waals surface area contributed by atoms with Crippen LogP contribution in [0.4, 0.5) is 32.2 Å². The maximum absolute atomic E-state index is 13.7. The van der Waals surface area contributed by atoms with E-state index < -0.39 is 35.4 Å². The van der Waals surface area contributed by atoms with Gasteiger partial charge in [0, 0.05) is 30.5 Å². The minimum absolute atomic E-state index is 0.0519. The van der Waals surface area contributed by atoms with Crippen LogP contribution in [0.3, 0.4) is 0 Å². The van der Waals surface area contributed by atoms with Crippen molar-refractivity contribution in [2.75, 3.05) is 18.0 Å². The molecule has 1 aliphatic rings. The number of hydrogen-bond acceptors (Lipinski definition) is 6. The Morgan fingerprint density at radius 1 is 0.976 bits per heavy atom. The summed E-state index contributed by atoms with van der Waals surface area (Å²) in [5.41, 5.74) is 3.22. The first-order chi connectivity index (χ1) is 19.3. The predicted molar refractivity (Wildman–Crippen MR) is 141 cm³/mol. The third-order valence-electron chi connectivity index (χ3n) is 7.61. The molecule has 5 rings (SSSR count). The van der Waals surface area contributed by atoms with Gasteiger partial charge in [-0.05, 0) is 66.8 Å². The van der Waals surface area contributed by atoms with Gasteiger partial charge in [-0.15, -0.1) is 10.2 Å². The average molecular weight is 578 g/mol. The van der Waals surface area contributed by atoms with Crippen LogP contribution in [0, 0.1) is 5.92 Å². The number of nitrogens with two attached hydrogens (primary N) is 1. The highest BCUT2D eigenvalue weighted by Crippen LogP contribution is 2.41. The smallest absolute Gasteiger partial charge is 0.356 e. The fraction of sp³-hybridized carbons (Fsp3) is 0.429. The van der Waals surface area contributed by atoms with Gasteiger partial charge in [0.05, 0.1) is 23.7 Å². The van der Waals surface area contributed by atoms with Crippen LogP contribution in [0.25, 0.3) is 10.9 Å². The highest BCUT2D eigenvalue weighted by Gasteiger charge is 2.42. The number of aromatic nitrogens is 5. The normalized spacial score (nSPS) is 16.0. The number of anilines is 1. The maximum Gasteiger partial charge on any atom is 0.416 e. The number of nitrogens with zero attached hydrogens (tertiary/aromatic N) is 6. The fourth-order valence-electron chi connectivity index (χ4n) is 5.23. The third-order valence-corrected chi connectivity index (χ3v) is 7.61.